The second-order valence-corrected chi connectivity index (χ2v) is 9.35. The molecule has 34 heavy (non-hydrogen) atoms. The zero-order valence-electron chi connectivity index (χ0n) is 20.3. The highest BCUT2D eigenvalue weighted by atomic mass is 16.5. The average Bonchev–Trinajstić information content (AvgIpc) is 3.32. The Morgan fingerprint density at radius 1 is 1.03 bits per heavy atom. The molecule has 1 aromatic heterocycles. The van der Waals surface area contributed by atoms with Crippen molar-refractivity contribution in [1.82, 2.24) is 19.7 Å². The van der Waals surface area contributed by atoms with Crippen LogP contribution in [0.15, 0.2) is 41.0 Å². The lowest BCUT2D eigenvalue weighted by molar-refractivity contribution is -0.0151. The molecule has 0 radical (unpaired) electrons. The Kier molecular flexibility index (Phi) is 8.55. The summed E-state index contributed by atoms with van der Waals surface area (Å²) >= 11 is 0. The number of aliphatic hydroxyl groups is 1. The molecule has 2 saturated heterocycles. The molecule has 0 spiro atoms. The number of ether oxygens (including phenoxy) is 1. The molecule has 0 saturated carbocycles. The van der Waals surface area contributed by atoms with Gasteiger partial charge in [0.25, 0.3) is 5.91 Å². The number of aromatic nitrogens is 1. The van der Waals surface area contributed by atoms with E-state index in [4.69, 9.17) is 9.15 Å². The van der Waals surface area contributed by atoms with E-state index >= 15 is 0 Å². The van der Waals surface area contributed by atoms with Crippen LogP contribution in [0.25, 0.3) is 0 Å². The van der Waals surface area contributed by atoms with Crippen LogP contribution in [0.3, 0.4) is 0 Å². The molecule has 1 atom stereocenters. The number of nitrogens with zero attached hydrogens (tertiary/aromatic N) is 5. The van der Waals surface area contributed by atoms with Crippen molar-refractivity contribution in [3.05, 3.63) is 48.2 Å². The molecule has 0 bridgehead atoms. The van der Waals surface area contributed by atoms with Gasteiger partial charge in [-0.15, -0.1) is 0 Å². The van der Waals surface area contributed by atoms with E-state index in [1.54, 1.807) is 0 Å². The number of benzene rings is 1. The topological polar surface area (TPSA) is 85.5 Å². The van der Waals surface area contributed by atoms with Crippen molar-refractivity contribution in [3.63, 3.8) is 0 Å². The van der Waals surface area contributed by atoms with E-state index in [-0.39, 0.29) is 12.0 Å². The zero-order chi connectivity index (χ0) is 23.9. The summed E-state index contributed by atoms with van der Waals surface area (Å²) in [5.41, 5.74) is 1.58. The van der Waals surface area contributed by atoms with Crippen molar-refractivity contribution in [2.45, 2.75) is 32.6 Å². The highest BCUT2D eigenvalue weighted by molar-refractivity contribution is 5.92. The SMILES string of the molecule is CC(C)OCC(O)CN1CCN(Cc2nc(C(=O)N3CCN(c4ccccc4)CC3)co2)CC1. The van der Waals surface area contributed by atoms with Crippen molar-refractivity contribution < 1.29 is 19.1 Å². The number of aliphatic hydroxyl groups excluding tert-OH is 1. The summed E-state index contributed by atoms with van der Waals surface area (Å²) in [6.07, 6.45) is 1.15. The van der Waals surface area contributed by atoms with Crippen LogP contribution in [0.5, 0.6) is 0 Å². The van der Waals surface area contributed by atoms with Crippen molar-refractivity contribution in [2.75, 3.05) is 70.4 Å². The molecule has 1 unspecified atom stereocenters. The highest BCUT2D eigenvalue weighted by Crippen LogP contribution is 2.17. The van der Waals surface area contributed by atoms with Gasteiger partial charge in [0.05, 0.1) is 25.4 Å². The van der Waals surface area contributed by atoms with E-state index < -0.39 is 6.10 Å². The number of amides is 1. The molecule has 9 nitrogen and oxygen atoms in total. The van der Waals surface area contributed by atoms with Crippen LogP contribution in [0.2, 0.25) is 0 Å². The minimum absolute atomic E-state index is 0.0647. The molecule has 2 aliphatic rings. The molecule has 1 aromatic carbocycles. The Morgan fingerprint density at radius 2 is 1.71 bits per heavy atom. The average molecular weight is 472 g/mol. The standard InChI is InChI=1S/C25H37N5O4/c1-20(2)33-18-22(31)16-27-8-10-28(11-9-27)17-24-26-23(19-34-24)25(32)30-14-12-29(13-15-30)21-6-4-3-5-7-21/h3-7,19-20,22,31H,8-18H2,1-2H3. The number of carbonyl (C=O) groups excluding carboxylic acids is 1. The lowest BCUT2D eigenvalue weighted by Gasteiger charge is -2.35. The summed E-state index contributed by atoms with van der Waals surface area (Å²) in [4.78, 5) is 26.1. The summed E-state index contributed by atoms with van der Waals surface area (Å²) in [6, 6.07) is 10.3. The molecule has 2 fully saturated rings. The van der Waals surface area contributed by atoms with Crippen molar-refractivity contribution in [2.24, 2.45) is 0 Å². The van der Waals surface area contributed by atoms with E-state index in [2.05, 4.69) is 31.8 Å². The van der Waals surface area contributed by atoms with Gasteiger partial charge in [0.2, 0.25) is 5.89 Å². The fourth-order valence-corrected chi connectivity index (χ4v) is 4.43. The van der Waals surface area contributed by atoms with Crippen LogP contribution in [0.4, 0.5) is 5.69 Å². The maximum atomic E-state index is 12.9. The Morgan fingerprint density at radius 3 is 2.38 bits per heavy atom. The first-order valence-corrected chi connectivity index (χ1v) is 12.3. The molecule has 1 amide bonds. The maximum absolute atomic E-state index is 12.9. The predicted molar refractivity (Wildman–Crippen MR) is 130 cm³/mol. The van der Waals surface area contributed by atoms with Gasteiger partial charge in [0, 0.05) is 64.6 Å². The Hall–Kier alpha value is -2.46. The summed E-state index contributed by atoms with van der Waals surface area (Å²) in [5, 5.41) is 10.1. The summed E-state index contributed by atoms with van der Waals surface area (Å²) in [7, 11) is 0. The fraction of sp³-hybridized carbons (Fsp3) is 0.600. The maximum Gasteiger partial charge on any atom is 0.275 e. The number of para-hydroxylation sites is 1. The lowest BCUT2D eigenvalue weighted by Crippen LogP contribution is -2.49. The largest absolute Gasteiger partial charge is 0.447 e. The summed E-state index contributed by atoms with van der Waals surface area (Å²) in [6.45, 7) is 12.0. The number of carbonyl (C=O) groups is 1. The van der Waals surface area contributed by atoms with Crippen LogP contribution in [-0.4, -0.2) is 108 Å². The van der Waals surface area contributed by atoms with Gasteiger partial charge >= 0.3 is 0 Å². The van der Waals surface area contributed by atoms with Crippen LogP contribution in [0, 0.1) is 0 Å². The van der Waals surface area contributed by atoms with Crippen molar-refractivity contribution >= 4 is 11.6 Å². The molecular formula is C25H37N5O4. The number of piperazine rings is 2. The second kappa shape index (κ2) is 11.8. The van der Waals surface area contributed by atoms with E-state index in [1.165, 1.54) is 12.0 Å². The van der Waals surface area contributed by atoms with E-state index in [0.29, 0.717) is 44.4 Å². The van der Waals surface area contributed by atoms with E-state index in [9.17, 15) is 9.90 Å². The number of anilines is 1. The third-order valence-corrected chi connectivity index (χ3v) is 6.37. The fourth-order valence-electron chi connectivity index (χ4n) is 4.43. The number of β-amino-alcohol motifs (C(OH)–C–C–N with tert-alkyl or cyclic N) is 1. The van der Waals surface area contributed by atoms with Gasteiger partial charge in [-0.3, -0.25) is 14.6 Å². The number of oxazole rings is 1. The van der Waals surface area contributed by atoms with Crippen molar-refractivity contribution in [3.8, 4) is 0 Å². The number of rotatable bonds is 9. The smallest absolute Gasteiger partial charge is 0.275 e. The normalized spacial score (nSPS) is 19.1. The quantitative estimate of drug-likeness (QED) is 0.590. The van der Waals surface area contributed by atoms with Gasteiger partial charge in [-0.2, -0.15) is 0 Å². The Balaban J connectivity index is 1.19. The summed E-state index contributed by atoms with van der Waals surface area (Å²) in [5.74, 6) is 0.509. The molecule has 4 rings (SSSR count). The second-order valence-electron chi connectivity index (χ2n) is 9.35. The molecule has 9 heteroatoms. The first-order chi connectivity index (χ1) is 16.5. The molecule has 3 heterocycles. The minimum atomic E-state index is -0.469. The van der Waals surface area contributed by atoms with Gasteiger partial charge in [0.15, 0.2) is 5.69 Å². The van der Waals surface area contributed by atoms with Gasteiger partial charge in [0.1, 0.15) is 6.26 Å². The van der Waals surface area contributed by atoms with E-state index in [1.807, 2.05) is 36.9 Å². The first-order valence-electron chi connectivity index (χ1n) is 12.3. The zero-order valence-corrected chi connectivity index (χ0v) is 20.3. The van der Waals surface area contributed by atoms with Gasteiger partial charge in [-0.05, 0) is 26.0 Å². The minimum Gasteiger partial charge on any atom is -0.447 e. The van der Waals surface area contributed by atoms with E-state index in [0.717, 1.165) is 39.3 Å². The number of hydrogen-bond donors (Lipinski definition) is 1. The Labute approximate surface area is 201 Å². The van der Waals surface area contributed by atoms with Crippen LogP contribution in [-0.2, 0) is 11.3 Å². The third-order valence-electron chi connectivity index (χ3n) is 6.37. The molecule has 0 aliphatic carbocycles. The molecule has 186 valence electrons. The summed E-state index contributed by atoms with van der Waals surface area (Å²) < 4.78 is 11.1. The molecule has 1 N–H and O–H groups in total. The van der Waals surface area contributed by atoms with Gasteiger partial charge in [-0.25, -0.2) is 4.98 Å². The van der Waals surface area contributed by atoms with Crippen molar-refractivity contribution in [1.29, 1.82) is 0 Å². The Bertz CT molecular complexity index is 890. The highest BCUT2D eigenvalue weighted by Gasteiger charge is 2.26. The van der Waals surface area contributed by atoms with Gasteiger partial charge in [-0.1, -0.05) is 18.2 Å². The first kappa shape index (κ1) is 24.7. The van der Waals surface area contributed by atoms with Crippen LogP contribution >= 0.6 is 0 Å². The lowest BCUT2D eigenvalue weighted by atomic mass is 10.2. The molecular weight excluding hydrogens is 434 g/mol. The predicted octanol–water partition coefficient (Wildman–Crippen LogP) is 1.54. The number of hydrogen-bond acceptors (Lipinski definition) is 8. The van der Waals surface area contributed by atoms with Gasteiger partial charge < -0.3 is 24.1 Å². The molecule has 2 aliphatic heterocycles. The third kappa shape index (κ3) is 6.79. The molecule has 2 aromatic rings. The van der Waals surface area contributed by atoms with Crippen LogP contribution in [0.1, 0.15) is 30.2 Å². The van der Waals surface area contributed by atoms with Crippen LogP contribution < -0.4 is 4.90 Å². The monoisotopic (exact) mass is 471 g/mol.